The SMILES string of the molecule is Cc1noc(Cn2c(C)c(C(C)C(=O)O)c(C)nc2=O)n1. The quantitative estimate of drug-likeness (QED) is 0.886. The molecule has 0 saturated carbocycles. The maximum absolute atomic E-state index is 12.0. The zero-order valence-corrected chi connectivity index (χ0v) is 12.2. The highest BCUT2D eigenvalue weighted by molar-refractivity contribution is 5.76. The van der Waals surface area contributed by atoms with E-state index in [4.69, 9.17) is 4.52 Å². The third kappa shape index (κ3) is 2.83. The lowest BCUT2D eigenvalue weighted by atomic mass is 9.98. The van der Waals surface area contributed by atoms with E-state index in [-0.39, 0.29) is 12.4 Å². The van der Waals surface area contributed by atoms with E-state index in [0.29, 0.717) is 22.8 Å². The molecule has 8 nitrogen and oxygen atoms in total. The number of nitrogens with zero attached hydrogens (tertiary/aromatic N) is 4. The molecule has 0 saturated heterocycles. The summed E-state index contributed by atoms with van der Waals surface area (Å²) in [4.78, 5) is 31.2. The Balaban J connectivity index is 2.53. The zero-order chi connectivity index (χ0) is 15.7. The molecular weight excluding hydrogens is 276 g/mol. The van der Waals surface area contributed by atoms with Gasteiger partial charge in [0, 0.05) is 17.0 Å². The zero-order valence-electron chi connectivity index (χ0n) is 12.2. The van der Waals surface area contributed by atoms with Crippen LogP contribution in [0.3, 0.4) is 0 Å². The largest absolute Gasteiger partial charge is 0.481 e. The summed E-state index contributed by atoms with van der Waals surface area (Å²) in [6.07, 6.45) is 0. The van der Waals surface area contributed by atoms with Gasteiger partial charge in [-0.2, -0.15) is 9.97 Å². The summed E-state index contributed by atoms with van der Waals surface area (Å²) in [5.41, 5.74) is 1.02. The predicted octanol–water partition coefficient (Wildman–Crippen LogP) is 0.788. The fourth-order valence-corrected chi connectivity index (χ4v) is 2.29. The number of aliphatic carboxylic acids is 1. The van der Waals surface area contributed by atoms with E-state index in [1.165, 1.54) is 4.57 Å². The van der Waals surface area contributed by atoms with E-state index in [9.17, 15) is 14.7 Å². The van der Waals surface area contributed by atoms with Gasteiger partial charge in [-0.3, -0.25) is 9.36 Å². The molecule has 0 aliphatic heterocycles. The second-order valence-corrected chi connectivity index (χ2v) is 4.86. The molecule has 0 spiro atoms. The van der Waals surface area contributed by atoms with Crippen molar-refractivity contribution in [3.63, 3.8) is 0 Å². The maximum Gasteiger partial charge on any atom is 0.348 e. The first-order valence-electron chi connectivity index (χ1n) is 6.41. The molecule has 0 fully saturated rings. The summed E-state index contributed by atoms with van der Waals surface area (Å²) in [6.45, 7) is 6.62. The Hall–Kier alpha value is -2.51. The highest BCUT2D eigenvalue weighted by Gasteiger charge is 2.22. The molecule has 0 aromatic carbocycles. The molecule has 1 atom stereocenters. The van der Waals surface area contributed by atoms with Crippen LogP contribution in [0.2, 0.25) is 0 Å². The lowest BCUT2D eigenvalue weighted by molar-refractivity contribution is -0.138. The van der Waals surface area contributed by atoms with E-state index in [1.807, 2.05) is 0 Å². The average Bonchev–Trinajstić information content (AvgIpc) is 2.79. The van der Waals surface area contributed by atoms with Crippen molar-refractivity contribution < 1.29 is 14.4 Å². The maximum atomic E-state index is 12.0. The summed E-state index contributed by atoms with van der Waals surface area (Å²) >= 11 is 0. The van der Waals surface area contributed by atoms with E-state index in [2.05, 4.69) is 15.1 Å². The van der Waals surface area contributed by atoms with Crippen molar-refractivity contribution in [2.75, 3.05) is 0 Å². The van der Waals surface area contributed by atoms with Gasteiger partial charge >= 0.3 is 11.7 Å². The number of hydrogen-bond acceptors (Lipinski definition) is 6. The Morgan fingerprint density at radius 3 is 2.52 bits per heavy atom. The smallest absolute Gasteiger partial charge is 0.348 e. The van der Waals surface area contributed by atoms with Gasteiger partial charge in [0.15, 0.2) is 5.82 Å². The van der Waals surface area contributed by atoms with E-state index in [0.717, 1.165) is 0 Å². The van der Waals surface area contributed by atoms with Crippen LogP contribution in [0.4, 0.5) is 0 Å². The normalized spacial score (nSPS) is 12.4. The van der Waals surface area contributed by atoms with Gasteiger partial charge in [-0.15, -0.1) is 0 Å². The van der Waals surface area contributed by atoms with Crippen LogP contribution in [0.15, 0.2) is 9.32 Å². The van der Waals surface area contributed by atoms with Crippen molar-refractivity contribution in [2.24, 2.45) is 0 Å². The second kappa shape index (κ2) is 5.47. The number of aryl methyl sites for hydroxylation is 2. The van der Waals surface area contributed by atoms with Crippen molar-refractivity contribution in [1.29, 1.82) is 0 Å². The van der Waals surface area contributed by atoms with Crippen molar-refractivity contribution in [2.45, 2.75) is 40.2 Å². The van der Waals surface area contributed by atoms with Gasteiger partial charge in [0.25, 0.3) is 0 Å². The molecular formula is C13H16N4O4. The fraction of sp³-hybridized carbons (Fsp3) is 0.462. The molecule has 0 bridgehead atoms. The Morgan fingerprint density at radius 1 is 1.33 bits per heavy atom. The summed E-state index contributed by atoms with van der Waals surface area (Å²) in [7, 11) is 0. The summed E-state index contributed by atoms with van der Waals surface area (Å²) in [5.74, 6) is -0.984. The third-order valence-electron chi connectivity index (χ3n) is 3.35. The first kappa shape index (κ1) is 14.9. The Labute approximate surface area is 120 Å². The topological polar surface area (TPSA) is 111 Å². The van der Waals surface area contributed by atoms with Crippen molar-refractivity contribution in [1.82, 2.24) is 19.7 Å². The molecule has 2 aromatic heterocycles. The van der Waals surface area contributed by atoms with Crippen molar-refractivity contribution >= 4 is 5.97 Å². The molecule has 0 amide bonds. The van der Waals surface area contributed by atoms with Crippen LogP contribution >= 0.6 is 0 Å². The highest BCUT2D eigenvalue weighted by Crippen LogP contribution is 2.21. The monoisotopic (exact) mass is 292 g/mol. The van der Waals surface area contributed by atoms with E-state index >= 15 is 0 Å². The second-order valence-electron chi connectivity index (χ2n) is 4.86. The summed E-state index contributed by atoms with van der Waals surface area (Å²) in [5, 5.41) is 12.8. The van der Waals surface area contributed by atoms with Crippen LogP contribution in [-0.2, 0) is 11.3 Å². The lowest BCUT2D eigenvalue weighted by Gasteiger charge is -2.16. The number of carboxylic acid groups (broad SMARTS) is 1. The molecule has 0 radical (unpaired) electrons. The molecule has 0 aliphatic rings. The minimum absolute atomic E-state index is 0.0676. The Bertz CT molecular complexity index is 747. The van der Waals surface area contributed by atoms with Gasteiger partial charge in [-0.25, -0.2) is 4.79 Å². The van der Waals surface area contributed by atoms with Crippen LogP contribution < -0.4 is 5.69 Å². The lowest BCUT2D eigenvalue weighted by Crippen LogP contribution is -2.29. The number of carboxylic acids is 1. The Morgan fingerprint density at radius 2 is 2.00 bits per heavy atom. The van der Waals surface area contributed by atoms with Crippen molar-refractivity contribution in [3.8, 4) is 0 Å². The van der Waals surface area contributed by atoms with Crippen LogP contribution in [0.25, 0.3) is 0 Å². The van der Waals surface area contributed by atoms with Gasteiger partial charge in [0.1, 0.15) is 6.54 Å². The highest BCUT2D eigenvalue weighted by atomic mass is 16.5. The predicted molar refractivity (Wildman–Crippen MR) is 72.2 cm³/mol. The minimum Gasteiger partial charge on any atom is -0.481 e. The standard InChI is InChI=1S/C13H16N4O4/c1-6(12(18)19)11-7(2)14-13(20)17(8(11)3)5-10-15-9(4)16-21-10/h6H,5H2,1-4H3,(H,18,19). The van der Waals surface area contributed by atoms with E-state index < -0.39 is 17.6 Å². The van der Waals surface area contributed by atoms with Crippen molar-refractivity contribution in [3.05, 3.63) is 39.2 Å². The number of rotatable bonds is 4. The van der Waals surface area contributed by atoms with Gasteiger partial charge in [-0.05, 0) is 27.7 Å². The van der Waals surface area contributed by atoms with Crippen LogP contribution in [0.5, 0.6) is 0 Å². The molecule has 2 aromatic rings. The molecule has 1 unspecified atom stereocenters. The van der Waals surface area contributed by atoms with Gasteiger partial charge in [0.05, 0.1) is 5.92 Å². The molecule has 2 rings (SSSR count). The Kier molecular flexibility index (Phi) is 3.88. The molecule has 8 heteroatoms. The summed E-state index contributed by atoms with van der Waals surface area (Å²) in [6, 6.07) is 0. The first-order valence-corrected chi connectivity index (χ1v) is 6.41. The molecule has 112 valence electrons. The van der Waals surface area contributed by atoms with Gasteiger partial charge in [-0.1, -0.05) is 5.16 Å². The van der Waals surface area contributed by atoms with Gasteiger partial charge < -0.3 is 9.63 Å². The van der Waals surface area contributed by atoms with E-state index in [1.54, 1.807) is 27.7 Å². The van der Waals surface area contributed by atoms with Crippen LogP contribution in [-0.4, -0.2) is 30.8 Å². The van der Waals surface area contributed by atoms with Gasteiger partial charge in [0.2, 0.25) is 5.89 Å². The molecule has 1 N–H and O–H groups in total. The van der Waals surface area contributed by atoms with Crippen LogP contribution in [0.1, 0.15) is 41.5 Å². The number of hydrogen-bond donors (Lipinski definition) is 1. The number of aromatic nitrogens is 4. The third-order valence-corrected chi connectivity index (χ3v) is 3.35. The molecule has 2 heterocycles. The molecule has 21 heavy (non-hydrogen) atoms. The first-order chi connectivity index (χ1) is 9.81. The van der Waals surface area contributed by atoms with Crippen LogP contribution in [0, 0.1) is 20.8 Å². The fourth-order valence-electron chi connectivity index (χ4n) is 2.29. The minimum atomic E-state index is -0.971. The summed E-state index contributed by atoms with van der Waals surface area (Å²) < 4.78 is 6.33. The number of carbonyl (C=O) groups is 1. The molecule has 0 aliphatic carbocycles. The average molecular weight is 292 g/mol.